The van der Waals surface area contributed by atoms with E-state index in [0.717, 1.165) is 32.5 Å². The van der Waals surface area contributed by atoms with Crippen molar-refractivity contribution in [1.82, 2.24) is 10.2 Å². The number of amides is 1. The van der Waals surface area contributed by atoms with Crippen LogP contribution in [0.1, 0.15) is 29.6 Å². The Kier molecular flexibility index (Phi) is 8.54. The van der Waals surface area contributed by atoms with Crippen LogP contribution in [0.5, 0.6) is 17.2 Å². The van der Waals surface area contributed by atoms with Crippen LogP contribution in [0.25, 0.3) is 0 Å². The van der Waals surface area contributed by atoms with E-state index in [1.54, 1.807) is 13.2 Å². The molecular weight excluding hydrogens is 452 g/mol. The van der Waals surface area contributed by atoms with E-state index >= 15 is 0 Å². The molecule has 1 N–H and O–H groups in total. The zero-order valence-electron chi connectivity index (χ0n) is 19.3. The molecular formula is C23H33ClN2O7. The number of benzene rings is 1. The van der Waals surface area contributed by atoms with Crippen LogP contribution >= 0.6 is 11.6 Å². The molecule has 3 aliphatic heterocycles. The molecule has 1 aromatic rings. The Morgan fingerprint density at radius 2 is 1.94 bits per heavy atom. The van der Waals surface area contributed by atoms with Crippen molar-refractivity contribution in [2.24, 2.45) is 5.92 Å². The van der Waals surface area contributed by atoms with Gasteiger partial charge in [-0.05, 0) is 19.0 Å². The van der Waals surface area contributed by atoms with E-state index in [1.165, 1.54) is 7.11 Å². The molecule has 0 aliphatic carbocycles. The van der Waals surface area contributed by atoms with Crippen molar-refractivity contribution in [3.63, 3.8) is 0 Å². The maximum absolute atomic E-state index is 13.1. The number of rotatable bonds is 8. The highest BCUT2D eigenvalue weighted by molar-refractivity contribution is 6.33. The maximum Gasteiger partial charge on any atom is 0.255 e. The van der Waals surface area contributed by atoms with Gasteiger partial charge in [0.25, 0.3) is 5.91 Å². The first-order valence-electron chi connectivity index (χ1n) is 11.5. The Bertz CT molecular complexity index is 818. The molecule has 33 heavy (non-hydrogen) atoms. The number of hydrogen-bond acceptors (Lipinski definition) is 8. The molecule has 0 spiro atoms. The highest BCUT2D eigenvalue weighted by Crippen LogP contribution is 2.46. The number of methoxy groups -OCH3 is 2. The molecule has 0 saturated carbocycles. The van der Waals surface area contributed by atoms with Crippen LogP contribution in [0.15, 0.2) is 6.07 Å². The maximum atomic E-state index is 13.1. The van der Waals surface area contributed by atoms with Gasteiger partial charge in [0, 0.05) is 45.5 Å². The number of nitrogens with zero attached hydrogens (tertiary/aromatic N) is 1. The number of nitrogens with one attached hydrogen (secondary N) is 1. The van der Waals surface area contributed by atoms with Gasteiger partial charge < -0.3 is 38.6 Å². The second-order valence-corrected chi connectivity index (χ2v) is 8.85. The Morgan fingerprint density at radius 1 is 1.18 bits per heavy atom. The zero-order chi connectivity index (χ0) is 23.2. The summed E-state index contributed by atoms with van der Waals surface area (Å²) in [7, 11) is 3.24. The van der Waals surface area contributed by atoms with Crippen molar-refractivity contribution in [2.75, 3.05) is 66.8 Å². The summed E-state index contributed by atoms with van der Waals surface area (Å²) in [5, 5.41) is 3.36. The number of likely N-dealkylation sites (tertiary alicyclic amines) is 1. The molecule has 2 fully saturated rings. The van der Waals surface area contributed by atoms with Crippen LogP contribution in [0.4, 0.5) is 0 Å². The van der Waals surface area contributed by atoms with Gasteiger partial charge in [-0.1, -0.05) is 11.6 Å². The van der Waals surface area contributed by atoms with Gasteiger partial charge in [0.15, 0.2) is 17.8 Å². The highest BCUT2D eigenvalue weighted by atomic mass is 35.5. The topological polar surface area (TPSA) is 87.7 Å². The van der Waals surface area contributed by atoms with Crippen molar-refractivity contribution in [2.45, 2.75) is 31.7 Å². The van der Waals surface area contributed by atoms with E-state index in [0.29, 0.717) is 67.2 Å². The van der Waals surface area contributed by atoms with Gasteiger partial charge in [-0.3, -0.25) is 4.79 Å². The van der Waals surface area contributed by atoms with Crippen LogP contribution in [0.3, 0.4) is 0 Å². The lowest BCUT2D eigenvalue weighted by Crippen LogP contribution is -2.49. The lowest BCUT2D eigenvalue weighted by atomic mass is 9.93. The fourth-order valence-electron chi connectivity index (χ4n) is 4.55. The molecule has 1 amide bonds. The SMILES string of the molecule is COc1c(Cl)cc(C(=O)NC[C@@H]2CCN(CCC3OCCO3)CC2OC)c2c1OCCCO2. The first-order chi connectivity index (χ1) is 16.1. The first-order valence-corrected chi connectivity index (χ1v) is 11.9. The minimum atomic E-state index is -0.255. The number of fused-ring (bicyclic) bond motifs is 1. The highest BCUT2D eigenvalue weighted by Gasteiger charge is 2.31. The lowest BCUT2D eigenvalue weighted by molar-refractivity contribution is -0.0607. The molecule has 1 aromatic carbocycles. The van der Waals surface area contributed by atoms with Crippen molar-refractivity contribution in [3.8, 4) is 17.2 Å². The van der Waals surface area contributed by atoms with Crippen molar-refractivity contribution >= 4 is 17.5 Å². The van der Waals surface area contributed by atoms with Crippen molar-refractivity contribution in [1.29, 1.82) is 0 Å². The molecule has 0 bridgehead atoms. The average Bonchev–Trinajstić information content (AvgIpc) is 3.24. The summed E-state index contributed by atoms with van der Waals surface area (Å²) in [5.41, 5.74) is 0.348. The predicted octanol–water partition coefficient (Wildman–Crippen LogP) is 2.34. The summed E-state index contributed by atoms with van der Waals surface area (Å²) < 4.78 is 33.8. The quantitative estimate of drug-likeness (QED) is 0.601. The summed E-state index contributed by atoms with van der Waals surface area (Å²) in [5.74, 6) is 1.09. The van der Waals surface area contributed by atoms with Gasteiger partial charge in [0.2, 0.25) is 5.75 Å². The summed E-state index contributed by atoms with van der Waals surface area (Å²) in [6.07, 6.45) is 2.42. The number of hydrogen-bond donors (Lipinski definition) is 1. The monoisotopic (exact) mass is 484 g/mol. The molecule has 2 saturated heterocycles. The molecule has 10 heteroatoms. The fraction of sp³-hybridized carbons (Fsp3) is 0.696. The Morgan fingerprint density at radius 3 is 2.67 bits per heavy atom. The number of carbonyl (C=O) groups excluding carboxylic acids is 1. The Labute approximate surface area is 199 Å². The molecule has 9 nitrogen and oxygen atoms in total. The van der Waals surface area contributed by atoms with Crippen molar-refractivity contribution < 1.29 is 33.2 Å². The van der Waals surface area contributed by atoms with E-state index in [1.807, 2.05) is 0 Å². The van der Waals surface area contributed by atoms with Gasteiger partial charge in [0.1, 0.15) is 0 Å². The molecule has 3 aliphatic rings. The van der Waals surface area contributed by atoms with Crippen LogP contribution < -0.4 is 19.5 Å². The van der Waals surface area contributed by atoms with Crippen LogP contribution in [-0.2, 0) is 14.2 Å². The molecule has 0 radical (unpaired) electrons. The average molecular weight is 485 g/mol. The number of carbonyl (C=O) groups is 1. The molecule has 2 atom stereocenters. The van der Waals surface area contributed by atoms with Gasteiger partial charge >= 0.3 is 0 Å². The third kappa shape index (κ3) is 5.84. The zero-order valence-corrected chi connectivity index (χ0v) is 20.0. The summed E-state index contributed by atoms with van der Waals surface area (Å²) in [4.78, 5) is 15.5. The van der Waals surface area contributed by atoms with E-state index < -0.39 is 0 Å². The number of ether oxygens (including phenoxy) is 6. The van der Waals surface area contributed by atoms with Gasteiger partial charge in [-0.2, -0.15) is 0 Å². The standard InChI is InChI=1S/C23H33ClN2O7/c1-28-18-14-26(7-5-19-30-10-11-31-19)6-4-15(18)13-25-23(27)16-12-17(24)21(29-2)22-20(16)32-8-3-9-33-22/h12,15,18-19H,3-11,13-14H2,1-2H3,(H,25,27)/t15-,18?/m0/s1. The molecule has 0 aromatic heterocycles. The Balaban J connectivity index is 1.36. The summed E-state index contributed by atoms with van der Waals surface area (Å²) in [6.45, 7) is 5.42. The molecule has 3 heterocycles. The summed E-state index contributed by atoms with van der Waals surface area (Å²) in [6, 6.07) is 1.58. The third-order valence-corrected chi connectivity index (χ3v) is 6.64. The third-order valence-electron chi connectivity index (χ3n) is 6.35. The van der Waals surface area contributed by atoms with Crippen molar-refractivity contribution in [3.05, 3.63) is 16.7 Å². The second kappa shape index (κ2) is 11.6. The lowest BCUT2D eigenvalue weighted by Gasteiger charge is -2.38. The predicted molar refractivity (Wildman–Crippen MR) is 122 cm³/mol. The van der Waals surface area contributed by atoms with E-state index in [-0.39, 0.29) is 24.2 Å². The van der Waals surface area contributed by atoms with E-state index in [9.17, 15) is 4.79 Å². The van der Waals surface area contributed by atoms with Gasteiger partial charge in [-0.15, -0.1) is 0 Å². The second-order valence-electron chi connectivity index (χ2n) is 8.44. The molecule has 184 valence electrons. The van der Waals surface area contributed by atoms with Gasteiger partial charge in [0.05, 0.1) is 50.2 Å². The number of halogens is 1. The normalized spacial score (nSPS) is 23.8. The minimum absolute atomic E-state index is 0.0284. The minimum Gasteiger partial charge on any atom is -0.491 e. The number of piperidine rings is 1. The fourth-order valence-corrected chi connectivity index (χ4v) is 4.82. The van der Waals surface area contributed by atoms with E-state index in [2.05, 4.69) is 10.2 Å². The smallest absolute Gasteiger partial charge is 0.255 e. The van der Waals surface area contributed by atoms with Crippen LogP contribution in [0, 0.1) is 5.92 Å². The van der Waals surface area contributed by atoms with Crippen LogP contribution in [-0.4, -0.2) is 90.0 Å². The molecule has 1 unspecified atom stereocenters. The van der Waals surface area contributed by atoms with Crippen LogP contribution in [0.2, 0.25) is 5.02 Å². The molecule has 4 rings (SSSR count). The largest absolute Gasteiger partial charge is 0.491 e. The summed E-state index contributed by atoms with van der Waals surface area (Å²) >= 11 is 6.37. The first kappa shape index (κ1) is 24.3. The Hall–Kier alpha value is -1.78. The van der Waals surface area contributed by atoms with E-state index in [4.69, 9.17) is 40.0 Å². The van der Waals surface area contributed by atoms with Gasteiger partial charge in [-0.25, -0.2) is 0 Å².